The second-order valence-electron chi connectivity index (χ2n) is 5.62. The number of nitrogens with two attached hydrogens (primary N) is 1. The average Bonchev–Trinajstić information content (AvgIpc) is 2.96. The van der Waals surface area contributed by atoms with Gasteiger partial charge in [-0.05, 0) is 42.4 Å². The minimum atomic E-state index is -4.56. The van der Waals surface area contributed by atoms with E-state index in [0.717, 1.165) is 31.7 Å². The quantitative estimate of drug-likeness (QED) is 0.773. The van der Waals surface area contributed by atoms with Gasteiger partial charge in [0.25, 0.3) is 0 Å². The Bertz CT molecular complexity index is 497. The van der Waals surface area contributed by atoms with Crippen LogP contribution in [0, 0.1) is 17.7 Å². The fourth-order valence-electron chi connectivity index (χ4n) is 3.70. The summed E-state index contributed by atoms with van der Waals surface area (Å²) >= 11 is 0. The van der Waals surface area contributed by atoms with Gasteiger partial charge < -0.3 is 5.73 Å². The number of fused-ring (bicyclic) bond motifs is 1. The standard InChI is InChI=1S/C14H15F4N/c15-8-5-6-11(12(7-8)14(16,17)18)13(19)9-3-1-2-4-10(9)13/h5-7,9-10H,1-4,19H2. The molecule has 1 nitrogen and oxygen atoms in total. The molecule has 0 saturated heterocycles. The zero-order valence-electron chi connectivity index (χ0n) is 10.3. The molecule has 2 aliphatic carbocycles. The van der Waals surface area contributed by atoms with Gasteiger partial charge in [-0.25, -0.2) is 4.39 Å². The lowest BCUT2D eigenvalue weighted by molar-refractivity contribution is -0.138. The van der Waals surface area contributed by atoms with Crippen LogP contribution in [-0.2, 0) is 11.7 Å². The zero-order chi connectivity index (χ0) is 13.8. The molecule has 1 aromatic carbocycles. The van der Waals surface area contributed by atoms with Gasteiger partial charge in [0, 0.05) is 5.54 Å². The van der Waals surface area contributed by atoms with Crippen molar-refractivity contribution >= 4 is 0 Å². The second-order valence-corrected chi connectivity index (χ2v) is 5.62. The smallest absolute Gasteiger partial charge is 0.321 e. The van der Waals surface area contributed by atoms with E-state index in [2.05, 4.69) is 0 Å². The molecule has 19 heavy (non-hydrogen) atoms. The fourth-order valence-corrected chi connectivity index (χ4v) is 3.70. The molecule has 2 saturated carbocycles. The number of rotatable bonds is 1. The minimum absolute atomic E-state index is 0.0679. The first-order valence-electron chi connectivity index (χ1n) is 6.51. The maximum atomic E-state index is 13.1. The summed E-state index contributed by atoms with van der Waals surface area (Å²) < 4.78 is 52.2. The monoisotopic (exact) mass is 273 g/mol. The number of benzene rings is 1. The molecule has 0 aliphatic heterocycles. The molecule has 3 rings (SSSR count). The first-order chi connectivity index (χ1) is 8.85. The van der Waals surface area contributed by atoms with E-state index in [0.29, 0.717) is 6.07 Å². The molecule has 5 heteroatoms. The highest BCUT2D eigenvalue weighted by Crippen LogP contribution is 2.64. The molecular weight excluding hydrogens is 258 g/mol. The van der Waals surface area contributed by atoms with Crippen LogP contribution in [0.3, 0.4) is 0 Å². The lowest BCUT2D eigenvalue weighted by Crippen LogP contribution is -2.28. The molecule has 0 spiro atoms. The fraction of sp³-hybridized carbons (Fsp3) is 0.571. The summed E-state index contributed by atoms with van der Waals surface area (Å²) in [6.07, 6.45) is -0.785. The molecule has 2 fully saturated rings. The summed E-state index contributed by atoms with van der Waals surface area (Å²) in [5.74, 6) is -0.635. The van der Waals surface area contributed by atoms with Gasteiger partial charge in [0.1, 0.15) is 5.82 Å². The van der Waals surface area contributed by atoms with Crippen LogP contribution in [0.1, 0.15) is 36.8 Å². The summed E-state index contributed by atoms with van der Waals surface area (Å²) in [6, 6.07) is 2.86. The van der Waals surface area contributed by atoms with E-state index in [-0.39, 0.29) is 17.4 Å². The molecule has 2 N–H and O–H groups in total. The topological polar surface area (TPSA) is 26.0 Å². The number of alkyl halides is 3. The lowest BCUT2D eigenvalue weighted by atomic mass is 9.95. The van der Waals surface area contributed by atoms with Crippen molar-refractivity contribution in [3.63, 3.8) is 0 Å². The predicted octanol–water partition coefficient (Wildman–Crippen LogP) is 3.82. The van der Waals surface area contributed by atoms with Crippen molar-refractivity contribution in [3.05, 3.63) is 35.1 Å². The van der Waals surface area contributed by atoms with Crippen molar-refractivity contribution in [2.24, 2.45) is 17.6 Å². The largest absolute Gasteiger partial charge is 0.416 e. The highest BCUT2D eigenvalue weighted by Gasteiger charge is 2.64. The Labute approximate surface area is 108 Å². The van der Waals surface area contributed by atoms with E-state index in [9.17, 15) is 17.6 Å². The van der Waals surface area contributed by atoms with Crippen molar-refractivity contribution in [1.29, 1.82) is 0 Å². The Morgan fingerprint density at radius 3 is 2.21 bits per heavy atom. The van der Waals surface area contributed by atoms with Gasteiger partial charge in [-0.3, -0.25) is 0 Å². The average molecular weight is 273 g/mol. The van der Waals surface area contributed by atoms with Crippen LogP contribution in [0.15, 0.2) is 18.2 Å². The molecule has 0 bridgehead atoms. The zero-order valence-corrected chi connectivity index (χ0v) is 10.3. The van der Waals surface area contributed by atoms with E-state index >= 15 is 0 Å². The van der Waals surface area contributed by atoms with Gasteiger partial charge in [0.2, 0.25) is 0 Å². The molecular formula is C14H15F4N. The van der Waals surface area contributed by atoms with E-state index < -0.39 is 23.1 Å². The maximum Gasteiger partial charge on any atom is 0.416 e. The van der Waals surface area contributed by atoms with Crippen molar-refractivity contribution in [1.82, 2.24) is 0 Å². The highest BCUT2D eigenvalue weighted by molar-refractivity contribution is 5.43. The molecule has 104 valence electrons. The Morgan fingerprint density at radius 2 is 1.68 bits per heavy atom. The van der Waals surface area contributed by atoms with Crippen molar-refractivity contribution in [2.75, 3.05) is 0 Å². The van der Waals surface area contributed by atoms with Crippen molar-refractivity contribution in [3.8, 4) is 0 Å². The van der Waals surface area contributed by atoms with Gasteiger partial charge >= 0.3 is 6.18 Å². The Hall–Kier alpha value is -1.10. The Balaban J connectivity index is 2.06. The molecule has 2 atom stereocenters. The third kappa shape index (κ3) is 1.86. The highest BCUT2D eigenvalue weighted by atomic mass is 19.4. The molecule has 2 aliphatic rings. The SMILES string of the molecule is NC1(c2ccc(F)cc2C(F)(F)F)C2CCCCC21. The third-order valence-corrected chi connectivity index (χ3v) is 4.64. The van der Waals surface area contributed by atoms with Crippen LogP contribution in [0.2, 0.25) is 0 Å². The van der Waals surface area contributed by atoms with Gasteiger partial charge in [-0.15, -0.1) is 0 Å². The summed E-state index contributed by atoms with van der Waals surface area (Å²) in [5, 5.41) is 0. The Morgan fingerprint density at radius 1 is 1.11 bits per heavy atom. The predicted molar refractivity (Wildman–Crippen MR) is 62.7 cm³/mol. The normalized spacial score (nSPS) is 33.9. The van der Waals surface area contributed by atoms with Crippen LogP contribution in [0.4, 0.5) is 17.6 Å². The van der Waals surface area contributed by atoms with Crippen LogP contribution >= 0.6 is 0 Å². The van der Waals surface area contributed by atoms with Crippen LogP contribution < -0.4 is 5.73 Å². The summed E-state index contributed by atoms with van der Waals surface area (Å²) in [6.45, 7) is 0. The molecule has 0 aromatic heterocycles. The Kier molecular flexibility index (Phi) is 2.68. The van der Waals surface area contributed by atoms with Gasteiger partial charge in [-0.1, -0.05) is 18.9 Å². The molecule has 0 heterocycles. The lowest BCUT2D eigenvalue weighted by Gasteiger charge is -2.19. The molecule has 0 amide bonds. The molecule has 0 radical (unpaired) electrons. The van der Waals surface area contributed by atoms with E-state index in [1.807, 2.05) is 0 Å². The van der Waals surface area contributed by atoms with Gasteiger partial charge in [-0.2, -0.15) is 13.2 Å². The van der Waals surface area contributed by atoms with Crippen LogP contribution in [0.5, 0.6) is 0 Å². The maximum absolute atomic E-state index is 13.1. The summed E-state index contributed by atoms with van der Waals surface area (Å²) in [5.41, 5.74) is 4.49. The minimum Gasteiger partial charge on any atom is -0.321 e. The van der Waals surface area contributed by atoms with Gasteiger partial charge in [0.05, 0.1) is 5.56 Å². The van der Waals surface area contributed by atoms with Crippen LogP contribution in [0.25, 0.3) is 0 Å². The third-order valence-electron chi connectivity index (χ3n) is 4.64. The van der Waals surface area contributed by atoms with Crippen molar-refractivity contribution in [2.45, 2.75) is 37.4 Å². The molecule has 1 aromatic rings. The van der Waals surface area contributed by atoms with Crippen molar-refractivity contribution < 1.29 is 17.6 Å². The van der Waals surface area contributed by atoms with E-state index in [1.165, 1.54) is 6.07 Å². The van der Waals surface area contributed by atoms with E-state index in [1.54, 1.807) is 0 Å². The second kappa shape index (κ2) is 3.95. The summed E-state index contributed by atoms with van der Waals surface area (Å²) in [4.78, 5) is 0. The molecule has 2 unspecified atom stereocenters. The number of hydrogen-bond acceptors (Lipinski definition) is 1. The number of halogens is 4. The first-order valence-corrected chi connectivity index (χ1v) is 6.51. The first kappa shape index (κ1) is 12.9. The number of hydrogen-bond donors (Lipinski definition) is 1. The van der Waals surface area contributed by atoms with Crippen LogP contribution in [-0.4, -0.2) is 0 Å². The summed E-state index contributed by atoms with van der Waals surface area (Å²) in [7, 11) is 0. The van der Waals surface area contributed by atoms with Gasteiger partial charge in [0.15, 0.2) is 0 Å². The van der Waals surface area contributed by atoms with E-state index in [4.69, 9.17) is 5.73 Å².